The molecule has 0 unspecified atom stereocenters. The van der Waals surface area contributed by atoms with E-state index < -0.39 is 10.9 Å². The van der Waals surface area contributed by atoms with Gasteiger partial charge in [0.15, 0.2) is 6.61 Å². The van der Waals surface area contributed by atoms with Crippen LogP contribution in [-0.4, -0.2) is 41.4 Å². The number of nitro benzene ring substituents is 1. The number of hydrogen-bond donors (Lipinski definition) is 0. The van der Waals surface area contributed by atoms with Crippen LogP contribution in [0, 0.1) is 16.0 Å². The highest BCUT2D eigenvalue weighted by Crippen LogP contribution is 2.15. The molecule has 0 aromatic heterocycles. The van der Waals surface area contributed by atoms with Gasteiger partial charge in [-0.2, -0.15) is 0 Å². The zero-order chi connectivity index (χ0) is 17.5. The molecule has 1 atom stereocenters. The van der Waals surface area contributed by atoms with Crippen LogP contribution in [0.3, 0.4) is 0 Å². The van der Waals surface area contributed by atoms with Gasteiger partial charge in [-0.15, -0.1) is 0 Å². The monoisotopic (exact) mass is 332 g/mol. The zero-order valence-electron chi connectivity index (χ0n) is 13.5. The molecule has 0 spiro atoms. The van der Waals surface area contributed by atoms with Crippen LogP contribution in [0.5, 0.6) is 0 Å². The van der Waals surface area contributed by atoms with Crippen LogP contribution in [0.1, 0.15) is 25.3 Å². The summed E-state index contributed by atoms with van der Waals surface area (Å²) >= 11 is 0. The van der Waals surface area contributed by atoms with Crippen molar-refractivity contribution in [2.45, 2.75) is 19.8 Å². The lowest BCUT2D eigenvalue weighted by molar-refractivity contribution is -0.384. The summed E-state index contributed by atoms with van der Waals surface area (Å²) < 4.78 is 4.95. The third-order valence-electron chi connectivity index (χ3n) is 3.86. The summed E-state index contributed by atoms with van der Waals surface area (Å²) in [6.07, 6.45) is 4.77. The van der Waals surface area contributed by atoms with Crippen molar-refractivity contribution in [2.75, 3.05) is 19.7 Å². The normalized spacial score (nSPS) is 17.7. The van der Waals surface area contributed by atoms with Crippen LogP contribution < -0.4 is 0 Å². The number of carbonyl (C=O) groups is 2. The number of non-ortho nitro benzene ring substituents is 1. The number of amides is 1. The minimum absolute atomic E-state index is 0.0175. The molecule has 1 saturated heterocycles. The van der Waals surface area contributed by atoms with Gasteiger partial charge in [-0.3, -0.25) is 14.9 Å². The Morgan fingerprint density at radius 3 is 2.71 bits per heavy atom. The Morgan fingerprint density at radius 2 is 2.08 bits per heavy atom. The second-order valence-electron chi connectivity index (χ2n) is 5.88. The topological polar surface area (TPSA) is 89.8 Å². The third-order valence-corrected chi connectivity index (χ3v) is 3.86. The molecule has 1 aromatic rings. The van der Waals surface area contributed by atoms with Gasteiger partial charge in [0, 0.05) is 31.3 Å². The van der Waals surface area contributed by atoms with Gasteiger partial charge in [0.1, 0.15) is 0 Å². The zero-order valence-corrected chi connectivity index (χ0v) is 13.5. The fourth-order valence-electron chi connectivity index (χ4n) is 2.56. The number of ether oxygens (including phenoxy) is 1. The van der Waals surface area contributed by atoms with Crippen LogP contribution in [0.15, 0.2) is 30.3 Å². The predicted molar refractivity (Wildman–Crippen MR) is 88.1 cm³/mol. The lowest BCUT2D eigenvalue weighted by Gasteiger charge is -2.30. The maximum Gasteiger partial charge on any atom is 0.331 e. The average molecular weight is 332 g/mol. The first-order valence-corrected chi connectivity index (χ1v) is 7.83. The van der Waals surface area contributed by atoms with E-state index in [1.807, 2.05) is 0 Å². The van der Waals surface area contributed by atoms with E-state index >= 15 is 0 Å². The van der Waals surface area contributed by atoms with E-state index in [0.717, 1.165) is 12.8 Å². The molecule has 0 bridgehead atoms. The Morgan fingerprint density at radius 1 is 1.38 bits per heavy atom. The summed E-state index contributed by atoms with van der Waals surface area (Å²) in [5, 5.41) is 10.6. The quantitative estimate of drug-likeness (QED) is 0.357. The van der Waals surface area contributed by atoms with Gasteiger partial charge in [-0.25, -0.2) is 4.79 Å². The van der Waals surface area contributed by atoms with Crippen LogP contribution in [0.4, 0.5) is 5.69 Å². The van der Waals surface area contributed by atoms with E-state index in [1.165, 1.54) is 36.4 Å². The molecular weight excluding hydrogens is 312 g/mol. The molecule has 0 aliphatic carbocycles. The lowest BCUT2D eigenvalue weighted by Crippen LogP contribution is -2.41. The van der Waals surface area contributed by atoms with Crippen molar-refractivity contribution in [2.24, 2.45) is 5.92 Å². The molecule has 7 heteroatoms. The maximum absolute atomic E-state index is 12.0. The molecule has 1 amide bonds. The summed E-state index contributed by atoms with van der Waals surface area (Å²) in [6.45, 7) is 3.24. The van der Waals surface area contributed by atoms with E-state index in [1.54, 1.807) is 4.90 Å². The van der Waals surface area contributed by atoms with Crippen molar-refractivity contribution in [3.63, 3.8) is 0 Å². The van der Waals surface area contributed by atoms with Gasteiger partial charge in [-0.1, -0.05) is 6.92 Å². The molecule has 0 saturated carbocycles. The van der Waals surface area contributed by atoms with Gasteiger partial charge in [0.05, 0.1) is 4.92 Å². The summed E-state index contributed by atoms with van der Waals surface area (Å²) in [6, 6.07) is 5.77. The fourth-order valence-corrected chi connectivity index (χ4v) is 2.56. The smallest absolute Gasteiger partial charge is 0.331 e. The highest BCUT2D eigenvalue weighted by atomic mass is 16.6. The SMILES string of the molecule is C[C@H]1CCCN(C(=O)COC(=O)/C=C/c2ccc([N+](=O)[O-])cc2)C1. The predicted octanol–water partition coefficient (Wildman–Crippen LogP) is 2.41. The molecule has 1 aliphatic rings. The summed E-state index contributed by atoms with van der Waals surface area (Å²) in [5.41, 5.74) is 0.616. The second-order valence-corrected chi connectivity index (χ2v) is 5.88. The largest absolute Gasteiger partial charge is 0.452 e. The number of rotatable bonds is 5. The van der Waals surface area contributed by atoms with E-state index in [4.69, 9.17) is 4.74 Å². The molecule has 1 aliphatic heterocycles. The molecule has 1 fully saturated rings. The number of piperidine rings is 1. The van der Waals surface area contributed by atoms with Crippen molar-refractivity contribution in [3.8, 4) is 0 Å². The molecule has 2 rings (SSSR count). The van der Waals surface area contributed by atoms with Gasteiger partial charge >= 0.3 is 5.97 Å². The molecule has 7 nitrogen and oxygen atoms in total. The van der Waals surface area contributed by atoms with Crippen molar-refractivity contribution in [1.29, 1.82) is 0 Å². The number of carbonyl (C=O) groups excluding carboxylic acids is 2. The highest BCUT2D eigenvalue weighted by Gasteiger charge is 2.21. The Hall–Kier alpha value is -2.70. The Labute approximate surface area is 140 Å². The van der Waals surface area contributed by atoms with Gasteiger partial charge in [-0.05, 0) is 42.5 Å². The van der Waals surface area contributed by atoms with Crippen molar-refractivity contribution in [1.82, 2.24) is 4.90 Å². The van der Waals surface area contributed by atoms with E-state index in [9.17, 15) is 19.7 Å². The second kappa shape index (κ2) is 8.24. The molecule has 24 heavy (non-hydrogen) atoms. The van der Waals surface area contributed by atoms with Gasteiger partial charge < -0.3 is 9.64 Å². The molecule has 1 heterocycles. The van der Waals surface area contributed by atoms with Gasteiger partial charge in [0.25, 0.3) is 11.6 Å². The molecular formula is C17H20N2O5. The van der Waals surface area contributed by atoms with Crippen LogP contribution in [-0.2, 0) is 14.3 Å². The number of nitrogens with zero attached hydrogens (tertiary/aromatic N) is 2. The molecule has 0 N–H and O–H groups in total. The first-order chi connectivity index (χ1) is 11.5. The lowest BCUT2D eigenvalue weighted by atomic mass is 10.0. The minimum atomic E-state index is -0.619. The standard InChI is InChI=1S/C17H20N2O5/c1-13-3-2-10-18(11-13)16(20)12-24-17(21)9-6-14-4-7-15(8-5-14)19(22)23/h4-9,13H,2-3,10-12H2,1H3/b9-6+/t13-/m0/s1. The highest BCUT2D eigenvalue weighted by molar-refractivity contribution is 5.89. The molecule has 128 valence electrons. The number of likely N-dealkylation sites (tertiary alicyclic amines) is 1. The van der Waals surface area contributed by atoms with Crippen LogP contribution in [0.25, 0.3) is 6.08 Å². The molecule has 1 aromatic carbocycles. The Balaban J connectivity index is 1.80. The first kappa shape index (κ1) is 17.7. The number of benzene rings is 1. The number of nitro groups is 1. The van der Waals surface area contributed by atoms with Crippen LogP contribution in [0.2, 0.25) is 0 Å². The third kappa shape index (κ3) is 5.19. The average Bonchev–Trinajstić information content (AvgIpc) is 2.58. The van der Waals surface area contributed by atoms with Crippen molar-refractivity contribution >= 4 is 23.6 Å². The summed E-state index contributed by atoms with van der Waals surface area (Å²) in [7, 11) is 0. The van der Waals surface area contributed by atoms with E-state index in [2.05, 4.69) is 6.92 Å². The molecule has 0 radical (unpaired) electrons. The summed E-state index contributed by atoms with van der Waals surface area (Å²) in [4.78, 5) is 35.4. The summed E-state index contributed by atoms with van der Waals surface area (Å²) in [5.74, 6) is -0.328. The van der Waals surface area contributed by atoms with Crippen molar-refractivity contribution < 1.29 is 19.2 Å². The number of esters is 1. The van der Waals surface area contributed by atoms with E-state index in [-0.39, 0.29) is 18.2 Å². The maximum atomic E-state index is 12.0. The van der Waals surface area contributed by atoms with E-state index in [0.29, 0.717) is 24.6 Å². The first-order valence-electron chi connectivity index (χ1n) is 7.83. The fraction of sp³-hybridized carbons (Fsp3) is 0.412. The number of hydrogen-bond acceptors (Lipinski definition) is 5. The minimum Gasteiger partial charge on any atom is -0.452 e. The van der Waals surface area contributed by atoms with Crippen LogP contribution >= 0.6 is 0 Å². The Kier molecular flexibility index (Phi) is 6.06. The van der Waals surface area contributed by atoms with Gasteiger partial charge in [0.2, 0.25) is 0 Å². The Bertz CT molecular complexity index is 639. The van der Waals surface area contributed by atoms with Crippen molar-refractivity contribution in [3.05, 3.63) is 46.0 Å².